The number of benzene rings is 2. The van der Waals surface area contributed by atoms with Crippen molar-refractivity contribution >= 4 is 34.4 Å². The first-order valence-electron chi connectivity index (χ1n) is 10.1. The van der Waals surface area contributed by atoms with Gasteiger partial charge in [0.25, 0.3) is 5.56 Å². The summed E-state index contributed by atoms with van der Waals surface area (Å²) in [7, 11) is 2.98. The molecule has 0 aliphatic rings. The van der Waals surface area contributed by atoms with Gasteiger partial charge in [-0.3, -0.25) is 18.7 Å². The van der Waals surface area contributed by atoms with Crippen molar-refractivity contribution in [1.29, 1.82) is 0 Å². The molecule has 2 heterocycles. The molecular weight excluding hydrogens is 462 g/mol. The van der Waals surface area contributed by atoms with E-state index in [2.05, 4.69) is 15.3 Å². The second-order valence-electron chi connectivity index (χ2n) is 7.23. The molecule has 1 amide bonds. The van der Waals surface area contributed by atoms with E-state index in [1.165, 1.54) is 32.7 Å². The van der Waals surface area contributed by atoms with Crippen molar-refractivity contribution in [3.63, 3.8) is 0 Å². The molecule has 2 aromatic carbocycles. The van der Waals surface area contributed by atoms with Crippen LogP contribution in [-0.2, 0) is 17.9 Å². The molecule has 0 radical (unpaired) electrons. The molecular formula is C23H20ClN5O5. The Hall–Kier alpha value is -4.18. The van der Waals surface area contributed by atoms with E-state index in [4.69, 9.17) is 21.1 Å². The standard InChI is InChI=1S/C23H20ClN5O5/c1-33-16-5-3-4-14(10-16)12-29-22(31)20-21(26-9-8-25-20)28(23(29)32)13-19(30)27-17-11-15(24)6-7-18(17)34-2/h3-11H,12-13H2,1-2H3,(H,27,30). The molecule has 34 heavy (non-hydrogen) atoms. The Kier molecular flexibility index (Phi) is 6.60. The van der Waals surface area contributed by atoms with Crippen molar-refractivity contribution < 1.29 is 14.3 Å². The minimum absolute atomic E-state index is 0.00704. The number of carbonyl (C=O) groups excluding carboxylic acids is 1. The van der Waals surface area contributed by atoms with Crippen LogP contribution >= 0.6 is 11.6 Å². The maximum atomic E-state index is 13.3. The fraction of sp³-hybridized carbons (Fsp3) is 0.174. The van der Waals surface area contributed by atoms with Crippen LogP contribution in [0.3, 0.4) is 0 Å². The van der Waals surface area contributed by atoms with E-state index < -0.39 is 23.7 Å². The largest absolute Gasteiger partial charge is 0.497 e. The van der Waals surface area contributed by atoms with E-state index in [0.29, 0.717) is 27.8 Å². The van der Waals surface area contributed by atoms with Gasteiger partial charge in [0, 0.05) is 17.4 Å². The van der Waals surface area contributed by atoms with Gasteiger partial charge in [0.2, 0.25) is 5.91 Å². The number of ether oxygens (including phenoxy) is 2. The van der Waals surface area contributed by atoms with Crippen LogP contribution in [0.5, 0.6) is 11.5 Å². The van der Waals surface area contributed by atoms with Gasteiger partial charge >= 0.3 is 5.69 Å². The van der Waals surface area contributed by atoms with Crippen LogP contribution in [0, 0.1) is 0 Å². The zero-order valence-corrected chi connectivity index (χ0v) is 19.1. The average Bonchev–Trinajstić information content (AvgIpc) is 2.84. The number of anilines is 1. The van der Waals surface area contributed by atoms with Gasteiger partial charge in [0.05, 0.1) is 26.5 Å². The van der Waals surface area contributed by atoms with Crippen LogP contribution < -0.4 is 26.0 Å². The number of nitrogens with one attached hydrogen (secondary N) is 1. The van der Waals surface area contributed by atoms with Crippen molar-refractivity contribution in [3.8, 4) is 11.5 Å². The van der Waals surface area contributed by atoms with Crippen LogP contribution in [0.1, 0.15) is 5.56 Å². The lowest BCUT2D eigenvalue weighted by molar-refractivity contribution is -0.116. The van der Waals surface area contributed by atoms with Crippen molar-refractivity contribution in [3.05, 3.63) is 86.3 Å². The third-order valence-electron chi connectivity index (χ3n) is 5.06. The predicted octanol–water partition coefficient (Wildman–Crippen LogP) is 2.31. The quantitative estimate of drug-likeness (QED) is 0.430. The molecule has 10 nitrogen and oxygen atoms in total. The molecule has 0 aliphatic carbocycles. The average molecular weight is 482 g/mol. The Labute approximate surface area is 198 Å². The van der Waals surface area contributed by atoms with Gasteiger partial charge in [-0.15, -0.1) is 0 Å². The lowest BCUT2D eigenvalue weighted by Gasteiger charge is -2.14. The highest BCUT2D eigenvalue weighted by Crippen LogP contribution is 2.27. The summed E-state index contributed by atoms with van der Waals surface area (Å²) in [5, 5.41) is 3.08. The summed E-state index contributed by atoms with van der Waals surface area (Å²) >= 11 is 6.03. The maximum absolute atomic E-state index is 13.3. The number of rotatable bonds is 7. The van der Waals surface area contributed by atoms with Gasteiger partial charge in [-0.25, -0.2) is 14.8 Å². The maximum Gasteiger partial charge on any atom is 0.333 e. The molecule has 0 saturated carbocycles. The zero-order chi connectivity index (χ0) is 24.2. The number of nitrogens with zero attached hydrogens (tertiary/aromatic N) is 4. The van der Waals surface area contributed by atoms with Crippen LogP contribution in [-0.4, -0.2) is 39.2 Å². The fourth-order valence-electron chi connectivity index (χ4n) is 3.48. The predicted molar refractivity (Wildman–Crippen MR) is 127 cm³/mol. The van der Waals surface area contributed by atoms with Crippen molar-refractivity contribution in [2.24, 2.45) is 0 Å². The zero-order valence-electron chi connectivity index (χ0n) is 18.3. The molecule has 11 heteroatoms. The minimum Gasteiger partial charge on any atom is -0.497 e. The normalized spacial score (nSPS) is 10.8. The van der Waals surface area contributed by atoms with Gasteiger partial charge in [0.15, 0.2) is 11.2 Å². The van der Waals surface area contributed by atoms with E-state index in [1.807, 2.05) is 0 Å². The Balaban J connectivity index is 1.75. The lowest BCUT2D eigenvalue weighted by atomic mass is 10.2. The first-order valence-corrected chi connectivity index (χ1v) is 10.5. The fourth-order valence-corrected chi connectivity index (χ4v) is 3.65. The van der Waals surface area contributed by atoms with Gasteiger partial charge in [-0.2, -0.15) is 0 Å². The number of fused-ring (bicyclic) bond motifs is 1. The van der Waals surface area contributed by atoms with Gasteiger partial charge < -0.3 is 14.8 Å². The second-order valence-corrected chi connectivity index (χ2v) is 7.67. The topological polar surface area (TPSA) is 117 Å². The Bertz CT molecular complexity index is 1500. The molecule has 4 aromatic rings. The molecule has 0 bridgehead atoms. The van der Waals surface area contributed by atoms with Crippen LogP contribution in [0.4, 0.5) is 5.69 Å². The lowest BCUT2D eigenvalue weighted by Crippen LogP contribution is -2.42. The molecule has 0 atom stereocenters. The third kappa shape index (κ3) is 4.62. The van der Waals surface area contributed by atoms with Gasteiger partial charge in [-0.1, -0.05) is 23.7 Å². The van der Waals surface area contributed by atoms with Crippen molar-refractivity contribution in [2.45, 2.75) is 13.1 Å². The summed E-state index contributed by atoms with van der Waals surface area (Å²) in [5.74, 6) is 0.445. The van der Waals surface area contributed by atoms with Crippen LogP contribution in [0.25, 0.3) is 11.2 Å². The van der Waals surface area contributed by atoms with E-state index in [1.54, 1.807) is 36.4 Å². The Morgan fingerprint density at radius 2 is 1.82 bits per heavy atom. The number of aromatic nitrogens is 4. The molecule has 0 unspecified atom stereocenters. The highest BCUT2D eigenvalue weighted by Gasteiger charge is 2.18. The summed E-state index contributed by atoms with van der Waals surface area (Å²) < 4.78 is 12.6. The number of hydrogen-bond acceptors (Lipinski definition) is 7. The molecule has 1 N–H and O–H groups in total. The summed E-state index contributed by atoms with van der Waals surface area (Å²) in [5.41, 5.74) is -0.321. The van der Waals surface area contributed by atoms with Crippen LogP contribution in [0.2, 0.25) is 5.02 Å². The molecule has 0 spiro atoms. The first-order chi connectivity index (χ1) is 16.4. The SMILES string of the molecule is COc1cccc(Cn2c(=O)c3nccnc3n(CC(=O)Nc3cc(Cl)ccc3OC)c2=O)c1. The van der Waals surface area contributed by atoms with Crippen molar-refractivity contribution in [1.82, 2.24) is 19.1 Å². The molecule has 174 valence electrons. The van der Waals surface area contributed by atoms with Gasteiger partial charge in [0.1, 0.15) is 18.0 Å². The Morgan fingerprint density at radius 3 is 2.59 bits per heavy atom. The Morgan fingerprint density at radius 1 is 1.03 bits per heavy atom. The second kappa shape index (κ2) is 9.75. The van der Waals surface area contributed by atoms with Gasteiger partial charge in [-0.05, 0) is 35.9 Å². The van der Waals surface area contributed by atoms with E-state index in [9.17, 15) is 14.4 Å². The minimum atomic E-state index is -0.700. The van der Waals surface area contributed by atoms with E-state index >= 15 is 0 Å². The number of amides is 1. The summed E-state index contributed by atoms with van der Waals surface area (Å²) in [6.45, 7) is -0.451. The summed E-state index contributed by atoms with van der Waals surface area (Å²) in [4.78, 5) is 47.5. The molecule has 4 rings (SSSR count). The molecule has 0 aliphatic heterocycles. The molecule has 0 saturated heterocycles. The highest BCUT2D eigenvalue weighted by molar-refractivity contribution is 6.31. The monoisotopic (exact) mass is 481 g/mol. The third-order valence-corrected chi connectivity index (χ3v) is 5.29. The van der Waals surface area contributed by atoms with Crippen molar-refractivity contribution in [2.75, 3.05) is 19.5 Å². The molecule has 2 aromatic heterocycles. The number of methoxy groups -OCH3 is 2. The highest BCUT2D eigenvalue weighted by atomic mass is 35.5. The smallest absolute Gasteiger partial charge is 0.333 e. The number of halogens is 1. The number of carbonyl (C=O) groups is 1. The first kappa shape index (κ1) is 23.0. The summed E-state index contributed by atoms with van der Waals surface area (Å²) in [6, 6.07) is 11.8. The number of hydrogen-bond donors (Lipinski definition) is 1. The molecule has 0 fully saturated rings. The van der Waals surface area contributed by atoms with Crippen LogP contribution in [0.15, 0.2) is 64.4 Å². The summed E-state index contributed by atoms with van der Waals surface area (Å²) in [6.07, 6.45) is 2.70. The van der Waals surface area contributed by atoms with E-state index in [-0.39, 0.29) is 17.7 Å². The van der Waals surface area contributed by atoms with E-state index in [0.717, 1.165) is 9.13 Å².